The predicted octanol–water partition coefficient (Wildman–Crippen LogP) is -0.532. The molecule has 2 N–H and O–H groups in total. The summed E-state index contributed by atoms with van der Waals surface area (Å²) in [5.74, 6) is 0.0655. The van der Waals surface area contributed by atoms with Crippen LogP contribution >= 0.6 is 0 Å². The van der Waals surface area contributed by atoms with Gasteiger partial charge in [-0.25, -0.2) is 4.79 Å². The highest BCUT2D eigenvalue weighted by Crippen LogP contribution is 2.13. The van der Waals surface area contributed by atoms with Gasteiger partial charge < -0.3 is 10.6 Å². The number of carbonyl (C=O) groups excluding carboxylic acids is 2. The minimum atomic E-state index is -0.347. The first-order valence-corrected chi connectivity index (χ1v) is 6.64. The van der Waals surface area contributed by atoms with E-state index in [1.807, 2.05) is 13.8 Å². The normalized spacial score (nSPS) is 25.9. The molecule has 6 nitrogen and oxygen atoms in total. The summed E-state index contributed by atoms with van der Waals surface area (Å²) < 4.78 is 0. The van der Waals surface area contributed by atoms with E-state index >= 15 is 0 Å². The van der Waals surface area contributed by atoms with Crippen molar-refractivity contribution in [2.75, 3.05) is 39.3 Å². The Morgan fingerprint density at radius 2 is 1.89 bits per heavy atom. The molecule has 0 unspecified atom stereocenters. The lowest BCUT2D eigenvalue weighted by atomic mass is 10.1. The van der Waals surface area contributed by atoms with Gasteiger partial charge in [-0.1, -0.05) is 13.8 Å². The lowest BCUT2D eigenvalue weighted by molar-refractivity contribution is -0.128. The molecule has 0 bridgehead atoms. The molecule has 2 aliphatic heterocycles. The van der Waals surface area contributed by atoms with Gasteiger partial charge in [0, 0.05) is 39.3 Å². The molecule has 0 radical (unpaired) electrons. The summed E-state index contributed by atoms with van der Waals surface area (Å²) in [7, 11) is 0. The topological polar surface area (TPSA) is 64.7 Å². The summed E-state index contributed by atoms with van der Waals surface area (Å²) in [5.41, 5.74) is 0. The van der Waals surface area contributed by atoms with Crippen molar-refractivity contribution in [1.82, 2.24) is 20.4 Å². The summed E-state index contributed by atoms with van der Waals surface area (Å²) >= 11 is 0. The van der Waals surface area contributed by atoms with Crippen molar-refractivity contribution in [1.29, 1.82) is 0 Å². The third kappa shape index (κ3) is 2.81. The fourth-order valence-corrected chi connectivity index (χ4v) is 2.38. The molecule has 2 saturated heterocycles. The average Bonchev–Trinajstić information content (AvgIpc) is 2.64. The van der Waals surface area contributed by atoms with Gasteiger partial charge in [-0.2, -0.15) is 0 Å². The van der Waals surface area contributed by atoms with E-state index in [2.05, 4.69) is 15.5 Å². The van der Waals surface area contributed by atoms with Crippen molar-refractivity contribution in [2.45, 2.75) is 19.9 Å². The van der Waals surface area contributed by atoms with Gasteiger partial charge in [0.15, 0.2) is 0 Å². The van der Waals surface area contributed by atoms with Crippen LogP contribution in [0.1, 0.15) is 13.8 Å². The number of hydrogen-bond acceptors (Lipinski definition) is 4. The summed E-state index contributed by atoms with van der Waals surface area (Å²) in [5, 5.41) is 6.03. The molecule has 3 amide bonds. The Bertz CT molecular complexity index is 326. The van der Waals surface area contributed by atoms with Gasteiger partial charge >= 0.3 is 6.03 Å². The van der Waals surface area contributed by atoms with Crippen molar-refractivity contribution in [3.8, 4) is 0 Å². The number of carbonyl (C=O) groups is 2. The Balaban J connectivity index is 1.85. The Hall–Kier alpha value is -1.14. The zero-order chi connectivity index (χ0) is 13.1. The number of imide groups is 1. The first-order valence-electron chi connectivity index (χ1n) is 6.64. The molecule has 102 valence electrons. The van der Waals surface area contributed by atoms with Crippen LogP contribution < -0.4 is 10.6 Å². The van der Waals surface area contributed by atoms with Crippen LogP contribution in [0.5, 0.6) is 0 Å². The van der Waals surface area contributed by atoms with Crippen molar-refractivity contribution in [3.63, 3.8) is 0 Å². The fourth-order valence-electron chi connectivity index (χ4n) is 2.38. The van der Waals surface area contributed by atoms with E-state index in [9.17, 15) is 9.59 Å². The van der Waals surface area contributed by atoms with E-state index in [4.69, 9.17) is 0 Å². The third-order valence-electron chi connectivity index (χ3n) is 3.57. The number of piperazine rings is 1. The van der Waals surface area contributed by atoms with Gasteiger partial charge in [-0.15, -0.1) is 0 Å². The number of nitrogens with zero attached hydrogens (tertiary/aromatic N) is 2. The summed E-state index contributed by atoms with van der Waals surface area (Å²) in [6.07, 6.45) is 0. The van der Waals surface area contributed by atoms with Gasteiger partial charge in [-0.05, 0) is 5.92 Å². The van der Waals surface area contributed by atoms with E-state index in [-0.39, 0.29) is 23.9 Å². The standard InChI is InChI=1S/C12H22N4O2/c1-9(2)10-11(17)16(12(18)14-10)8-7-15-5-3-13-4-6-15/h9-10,13H,3-8H2,1-2H3,(H,14,18)/t10-/m1/s1. The van der Waals surface area contributed by atoms with Gasteiger partial charge in [0.1, 0.15) is 6.04 Å². The van der Waals surface area contributed by atoms with E-state index in [1.165, 1.54) is 4.90 Å². The van der Waals surface area contributed by atoms with Crippen LogP contribution in [-0.2, 0) is 4.79 Å². The largest absolute Gasteiger partial charge is 0.326 e. The van der Waals surface area contributed by atoms with Crippen molar-refractivity contribution >= 4 is 11.9 Å². The Morgan fingerprint density at radius 1 is 1.22 bits per heavy atom. The molecule has 0 aliphatic carbocycles. The fraction of sp³-hybridized carbons (Fsp3) is 0.833. The van der Waals surface area contributed by atoms with Crippen LogP contribution in [0.2, 0.25) is 0 Å². The number of rotatable bonds is 4. The first-order chi connectivity index (χ1) is 8.59. The quantitative estimate of drug-likeness (QED) is 0.662. The van der Waals surface area contributed by atoms with Crippen LogP contribution in [0.4, 0.5) is 4.79 Å². The number of hydrogen-bond donors (Lipinski definition) is 2. The van der Waals surface area contributed by atoms with Gasteiger partial charge in [0.05, 0.1) is 0 Å². The molecule has 2 heterocycles. The zero-order valence-corrected chi connectivity index (χ0v) is 11.1. The minimum absolute atomic E-state index is 0.0786. The molecule has 0 aromatic heterocycles. The lowest BCUT2D eigenvalue weighted by Gasteiger charge is -2.28. The number of nitrogens with one attached hydrogen (secondary N) is 2. The summed E-state index contributed by atoms with van der Waals surface area (Å²) in [6, 6.07) is -0.589. The van der Waals surface area contributed by atoms with Crippen LogP contribution in [0.25, 0.3) is 0 Å². The van der Waals surface area contributed by atoms with Crippen molar-refractivity contribution in [3.05, 3.63) is 0 Å². The van der Waals surface area contributed by atoms with Crippen molar-refractivity contribution < 1.29 is 9.59 Å². The van der Waals surface area contributed by atoms with Gasteiger partial charge in [0.2, 0.25) is 0 Å². The molecule has 0 saturated carbocycles. The molecule has 0 aromatic rings. The maximum atomic E-state index is 12.0. The zero-order valence-electron chi connectivity index (χ0n) is 11.1. The maximum Gasteiger partial charge on any atom is 0.324 e. The number of urea groups is 1. The molecule has 2 fully saturated rings. The second-order valence-corrected chi connectivity index (χ2v) is 5.25. The molecule has 18 heavy (non-hydrogen) atoms. The van der Waals surface area contributed by atoms with Gasteiger partial charge in [-0.3, -0.25) is 14.6 Å². The molecular formula is C12H22N4O2. The second-order valence-electron chi connectivity index (χ2n) is 5.25. The van der Waals surface area contributed by atoms with E-state index in [1.54, 1.807) is 0 Å². The lowest BCUT2D eigenvalue weighted by Crippen LogP contribution is -2.47. The van der Waals surface area contributed by atoms with E-state index in [0.29, 0.717) is 6.54 Å². The van der Waals surface area contributed by atoms with Crippen LogP contribution in [-0.4, -0.2) is 67.0 Å². The minimum Gasteiger partial charge on any atom is -0.326 e. The Labute approximate surface area is 108 Å². The molecule has 2 rings (SSSR count). The molecular weight excluding hydrogens is 232 g/mol. The molecule has 0 spiro atoms. The SMILES string of the molecule is CC(C)[C@H]1NC(=O)N(CCN2CCNCC2)C1=O. The molecule has 2 aliphatic rings. The number of amides is 3. The van der Waals surface area contributed by atoms with E-state index in [0.717, 1.165) is 32.7 Å². The highest BCUT2D eigenvalue weighted by atomic mass is 16.2. The second kappa shape index (κ2) is 5.67. The highest BCUT2D eigenvalue weighted by Gasteiger charge is 2.39. The average molecular weight is 254 g/mol. The van der Waals surface area contributed by atoms with Gasteiger partial charge in [0.25, 0.3) is 5.91 Å². The molecule has 0 aromatic carbocycles. The van der Waals surface area contributed by atoms with Crippen molar-refractivity contribution in [2.24, 2.45) is 5.92 Å². The smallest absolute Gasteiger partial charge is 0.324 e. The first kappa shape index (κ1) is 13.3. The van der Waals surface area contributed by atoms with Crippen LogP contribution in [0, 0.1) is 5.92 Å². The Morgan fingerprint density at radius 3 is 2.44 bits per heavy atom. The third-order valence-corrected chi connectivity index (χ3v) is 3.57. The van der Waals surface area contributed by atoms with E-state index < -0.39 is 0 Å². The molecule has 1 atom stereocenters. The highest BCUT2D eigenvalue weighted by molar-refractivity contribution is 6.04. The molecule has 6 heteroatoms. The monoisotopic (exact) mass is 254 g/mol. The van der Waals surface area contributed by atoms with Crippen LogP contribution in [0.15, 0.2) is 0 Å². The predicted molar refractivity (Wildman–Crippen MR) is 68.2 cm³/mol. The summed E-state index contributed by atoms with van der Waals surface area (Å²) in [6.45, 7) is 9.09. The summed E-state index contributed by atoms with van der Waals surface area (Å²) in [4.78, 5) is 27.4. The maximum absolute atomic E-state index is 12.0. The van der Waals surface area contributed by atoms with Crippen LogP contribution in [0.3, 0.4) is 0 Å². The Kier molecular flexibility index (Phi) is 4.19.